The Bertz CT molecular complexity index is 902. The normalized spacial score (nSPS) is 14.1. The Balaban J connectivity index is 1.28. The number of amides is 1. The number of carbonyl (C=O) groups is 1. The standard InChI is InChI=1S/C18H21N7O3/c1-27-8-9-28-17-4-2-14(3-5-17)18(26)23-12-16(13-23)24-10-15(21-22-24)11-25-19-6-7-20-25/h2-7,10,16H,8-9,11-13H2,1H3. The number of rotatable bonds is 8. The van der Waals surface area contributed by atoms with Crippen molar-refractivity contribution in [3.05, 3.63) is 54.1 Å². The largest absolute Gasteiger partial charge is 0.491 e. The molecule has 1 aliphatic heterocycles. The predicted octanol–water partition coefficient (Wildman–Crippen LogP) is 0.640. The average molecular weight is 383 g/mol. The monoisotopic (exact) mass is 383 g/mol. The molecule has 10 nitrogen and oxygen atoms in total. The number of hydrogen-bond donors (Lipinski definition) is 0. The lowest BCUT2D eigenvalue weighted by Gasteiger charge is -2.38. The Labute approximate surface area is 161 Å². The molecular weight excluding hydrogens is 362 g/mol. The van der Waals surface area contributed by atoms with Gasteiger partial charge in [0.1, 0.15) is 24.6 Å². The van der Waals surface area contributed by atoms with Crippen LogP contribution in [0.25, 0.3) is 0 Å². The molecule has 28 heavy (non-hydrogen) atoms. The molecule has 0 saturated carbocycles. The van der Waals surface area contributed by atoms with Gasteiger partial charge in [-0.3, -0.25) is 4.79 Å². The fourth-order valence-electron chi connectivity index (χ4n) is 2.94. The van der Waals surface area contributed by atoms with Crippen LogP contribution in [0.1, 0.15) is 22.1 Å². The molecule has 3 heterocycles. The van der Waals surface area contributed by atoms with Gasteiger partial charge in [0, 0.05) is 25.8 Å². The summed E-state index contributed by atoms with van der Waals surface area (Å²) in [6.45, 7) is 2.69. The van der Waals surface area contributed by atoms with E-state index in [4.69, 9.17) is 9.47 Å². The summed E-state index contributed by atoms with van der Waals surface area (Å²) >= 11 is 0. The first kappa shape index (κ1) is 18.1. The summed E-state index contributed by atoms with van der Waals surface area (Å²) in [5.74, 6) is 0.720. The summed E-state index contributed by atoms with van der Waals surface area (Å²) in [5, 5.41) is 16.4. The second kappa shape index (κ2) is 8.17. The summed E-state index contributed by atoms with van der Waals surface area (Å²) in [6, 6.07) is 7.29. The minimum Gasteiger partial charge on any atom is -0.491 e. The summed E-state index contributed by atoms with van der Waals surface area (Å²) in [6.07, 6.45) is 5.12. The van der Waals surface area contributed by atoms with Crippen molar-refractivity contribution in [1.29, 1.82) is 0 Å². The van der Waals surface area contributed by atoms with E-state index in [1.807, 2.05) is 6.20 Å². The van der Waals surface area contributed by atoms with Crippen molar-refractivity contribution in [2.75, 3.05) is 33.4 Å². The number of benzene rings is 1. The highest BCUT2D eigenvalue weighted by Gasteiger charge is 2.33. The second-order valence-electron chi connectivity index (χ2n) is 6.48. The highest BCUT2D eigenvalue weighted by Crippen LogP contribution is 2.23. The molecular formula is C18H21N7O3. The molecule has 3 aromatic rings. The minimum atomic E-state index is 0.000714. The zero-order valence-electron chi connectivity index (χ0n) is 15.5. The fourth-order valence-corrected chi connectivity index (χ4v) is 2.94. The van der Waals surface area contributed by atoms with Crippen molar-refractivity contribution in [3.8, 4) is 5.75 Å². The van der Waals surface area contributed by atoms with Gasteiger partial charge in [-0.05, 0) is 24.3 Å². The maximum Gasteiger partial charge on any atom is 0.254 e. The molecule has 1 aliphatic rings. The highest BCUT2D eigenvalue weighted by molar-refractivity contribution is 5.94. The molecule has 1 saturated heterocycles. The Hall–Kier alpha value is -3.27. The topological polar surface area (TPSA) is 100 Å². The van der Waals surface area contributed by atoms with Crippen LogP contribution in [0.2, 0.25) is 0 Å². The van der Waals surface area contributed by atoms with Crippen LogP contribution in [0.15, 0.2) is 42.9 Å². The molecule has 1 amide bonds. The van der Waals surface area contributed by atoms with Crippen molar-refractivity contribution in [3.63, 3.8) is 0 Å². The molecule has 1 fully saturated rings. The summed E-state index contributed by atoms with van der Waals surface area (Å²) < 4.78 is 12.3. The molecule has 0 radical (unpaired) electrons. The second-order valence-corrected chi connectivity index (χ2v) is 6.48. The van der Waals surface area contributed by atoms with Crippen LogP contribution in [0, 0.1) is 0 Å². The molecule has 146 valence electrons. The Morgan fingerprint density at radius 2 is 1.89 bits per heavy atom. The van der Waals surface area contributed by atoms with Gasteiger partial charge in [0.2, 0.25) is 0 Å². The van der Waals surface area contributed by atoms with Gasteiger partial charge in [-0.2, -0.15) is 15.0 Å². The van der Waals surface area contributed by atoms with Gasteiger partial charge < -0.3 is 14.4 Å². The van der Waals surface area contributed by atoms with Crippen LogP contribution >= 0.6 is 0 Å². The van der Waals surface area contributed by atoms with E-state index in [0.29, 0.717) is 38.4 Å². The number of methoxy groups -OCH3 is 1. The highest BCUT2D eigenvalue weighted by atomic mass is 16.5. The van der Waals surface area contributed by atoms with Crippen molar-refractivity contribution in [1.82, 2.24) is 34.9 Å². The zero-order chi connectivity index (χ0) is 19.3. The van der Waals surface area contributed by atoms with Gasteiger partial charge in [-0.1, -0.05) is 5.21 Å². The van der Waals surface area contributed by atoms with Gasteiger partial charge in [-0.25, -0.2) is 4.68 Å². The number of carbonyl (C=O) groups excluding carboxylic acids is 1. The van der Waals surface area contributed by atoms with E-state index in [0.717, 1.165) is 11.4 Å². The third-order valence-corrected chi connectivity index (χ3v) is 4.51. The SMILES string of the molecule is COCCOc1ccc(C(=O)N2CC(n3cc(Cn4nccn4)nn3)C2)cc1. The first-order valence-electron chi connectivity index (χ1n) is 8.99. The Kier molecular flexibility index (Phi) is 5.29. The number of nitrogens with zero attached hydrogens (tertiary/aromatic N) is 7. The maximum atomic E-state index is 12.6. The van der Waals surface area contributed by atoms with E-state index in [-0.39, 0.29) is 11.9 Å². The van der Waals surface area contributed by atoms with Gasteiger partial charge >= 0.3 is 0 Å². The first-order chi connectivity index (χ1) is 13.7. The fraction of sp³-hybridized carbons (Fsp3) is 0.389. The lowest BCUT2D eigenvalue weighted by molar-refractivity contribution is 0.0498. The smallest absolute Gasteiger partial charge is 0.254 e. The predicted molar refractivity (Wildman–Crippen MR) is 97.9 cm³/mol. The van der Waals surface area contributed by atoms with Crippen LogP contribution < -0.4 is 4.74 Å². The number of ether oxygens (including phenoxy) is 2. The van der Waals surface area contributed by atoms with Crippen molar-refractivity contribution in [2.45, 2.75) is 12.6 Å². The molecule has 2 aromatic heterocycles. The molecule has 0 atom stereocenters. The van der Waals surface area contributed by atoms with Crippen LogP contribution in [0.3, 0.4) is 0 Å². The van der Waals surface area contributed by atoms with Crippen LogP contribution in [0.5, 0.6) is 5.75 Å². The number of likely N-dealkylation sites (tertiary alicyclic amines) is 1. The molecule has 0 spiro atoms. The molecule has 0 unspecified atom stereocenters. The van der Waals surface area contributed by atoms with E-state index in [1.54, 1.807) is 58.1 Å². The van der Waals surface area contributed by atoms with E-state index in [9.17, 15) is 4.79 Å². The lowest BCUT2D eigenvalue weighted by Crippen LogP contribution is -2.50. The quantitative estimate of drug-likeness (QED) is 0.526. The summed E-state index contributed by atoms with van der Waals surface area (Å²) in [4.78, 5) is 15.9. The minimum absolute atomic E-state index is 0.000714. The zero-order valence-corrected chi connectivity index (χ0v) is 15.5. The molecule has 0 bridgehead atoms. The van der Waals surface area contributed by atoms with Gasteiger partial charge in [0.15, 0.2) is 0 Å². The van der Waals surface area contributed by atoms with Gasteiger partial charge in [0.25, 0.3) is 5.91 Å². The summed E-state index contributed by atoms with van der Waals surface area (Å²) in [7, 11) is 1.63. The third kappa shape index (κ3) is 4.01. The van der Waals surface area contributed by atoms with Crippen LogP contribution in [-0.2, 0) is 11.3 Å². The third-order valence-electron chi connectivity index (χ3n) is 4.51. The number of aromatic nitrogens is 6. The lowest BCUT2D eigenvalue weighted by atomic mass is 10.1. The van der Waals surface area contributed by atoms with Crippen LogP contribution in [0.4, 0.5) is 0 Å². The molecule has 4 rings (SSSR count). The summed E-state index contributed by atoms with van der Waals surface area (Å²) in [5.41, 5.74) is 1.42. The van der Waals surface area contributed by atoms with Crippen molar-refractivity contribution in [2.24, 2.45) is 0 Å². The first-order valence-corrected chi connectivity index (χ1v) is 8.99. The average Bonchev–Trinajstić information content (AvgIpc) is 3.34. The number of hydrogen-bond acceptors (Lipinski definition) is 7. The van der Waals surface area contributed by atoms with E-state index < -0.39 is 0 Å². The van der Waals surface area contributed by atoms with Crippen molar-refractivity contribution >= 4 is 5.91 Å². The molecule has 0 N–H and O–H groups in total. The van der Waals surface area contributed by atoms with Crippen molar-refractivity contribution < 1.29 is 14.3 Å². The Morgan fingerprint density at radius 1 is 1.14 bits per heavy atom. The van der Waals surface area contributed by atoms with E-state index in [2.05, 4.69) is 20.5 Å². The molecule has 0 aliphatic carbocycles. The Morgan fingerprint density at radius 3 is 2.61 bits per heavy atom. The molecule has 1 aromatic carbocycles. The maximum absolute atomic E-state index is 12.6. The van der Waals surface area contributed by atoms with Gasteiger partial charge in [0.05, 0.1) is 31.2 Å². The van der Waals surface area contributed by atoms with E-state index in [1.165, 1.54) is 0 Å². The van der Waals surface area contributed by atoms with Gasteiger partial charge in [-0.15, -0.1) is 5.10 Å². The van der Waals surface area contributed by atoms with E-state index >= 15 is 0 Å². The van der Waals surface area contributed by atoms with Crippen LogP contribution in [-0.4, -0.2) is 74.2 Å². The molecule has 10 heteroatoms.